The first-order chi connectivity index (χ1) is 12.7. The number of nitrogens with one attached hydrogen (secondary N) is 1. The molecular weight excluding hydrogens is 320 g/mol. The summed E-state index contributed by atoms with van der Waals surface area (Å²) in [5, 5.41) is 4.27. The van der Waals surface area contributed by atoms with Crippen molar-refractivity contribution < 1.29 is 4.79 Å². The summed E-state index contributed by atoms with van der Waals surface area (Å²) in [5.74, 6) is 0.666. The molecule has 3 heteroatoms. The van der Waals surface area contributed by atoms with Gasteiger partial charge in [0.15, 0.2) is 0 Å². The molecule has 3 nitrogen and oxygen atoms in total. The molecule has 1 saturated carbocycles. The Morgan fingerprint density at radius 3 is 2.38 bits per heavy atom. The maximum atomic E-state index is 12.0. The second kappa shape index (κ2) is 9.33. The van der Waals surface area contributed by atoms with E-state index >= 15 is 0 Å². The lowest BCUT2D eigenvalue weighted by molar-refractivity contribution is -0.121. The molecule has 0 unspecified atom stereocenters. The zero-order valence-corrected chi connectivity index (χ0v) is 15.6. The number of carbonyl (C=O) groups is 1. The lowest BCUT2D eigenvalue weighted by Crippen LogP contribution is -2.19. The summed E-state index contributed by atoms with van der Waals surface area (Å²) in [6.07, 6.45) is 7.88. The van der Waals surface area contributed by atoms with Gasteiger partial charge in [-0.1, -0.05) is 73.9 Å². The van der Waals surface area contributed by atoms with Gasteiger partial charge in [-0.2, -0.15) is 5.10 Å². The van der Waals surface area contributed by atoms with Crippen molar-refractivity contribution in [3.63, 3.8) is 0 Å². The summed E-state index contributed by atoms with van der Waals surface area (Å²) in [6.45, 7) is 1.94. The fraction of sp³-hybridized carbons (Fsp3) is 0.391. The monoisotopic (exact) mass is 348 g/mol. The first kappa shape index (κ1) is 18.4. The highest BCUT2D eigenvalue weighted by Gasteiger charge is 2.15. The first-order valence-corrected chi connectivity index (χ1v) is 9.70. The SMILES string of the molecule is C/C(=N/NC(=O)CCc1ccccc1)c1ccc(C2CCCCC2)cc1. The van der Waals surface area contributed by atoms with Crippen molar-refractivity contribution in [2.75, 3.05) is 0 Å². The van der Waals surface area contributed by atoms with Crippen molar-refractivity contribution in [2.45, 2.75) is 57.8 Å². The van der Waals surface area contributed by atoms with Crippen LogP contribution in [0.5, 0.6) is 0 Å². The number of carbonyl (C=O) groups excluding carboxylic acids is 1. The highest BCUT2D eigenvalue weighted by atomic mass is 16.2. The van der Waals surface area contributed by atoms with Gasteiger partial charge in [0.1, 0.15) is 0 Å². The first-order valence-electron chi connectivity index (χ1n) is 9.70. The molecule has 26 heavy (non-hydrogen) atoms. The zero-order valence-electron chi connectivity index (χ0n) is 15.6. The average Bonchev–Trinajstić information content (AvgIpc) is 2.72. The van der Waals surface area contributed by atoms with Gasteiger partial charge in [-0.3, -0.25) is 4.79 Å². The van der Waals surface area contributed by atoms with Crippen molar-refractivity contribution in [1.82, 2.24) is 5.43 Å². The number of hydrogen-bond acceptors (Lipinski definition) is 2. The molecule has 1 amide bonds. The van der Waals surface area contributed by atoms with Crippen molar-refractivity contribution in [2.24, 2.45) is 5.10 Å². The number of hydrogen-bond donors (Lipinski definition) is 1. The van der Waals surface area contributed by atoms with E-state index in [9.17, 15) is 4.79 Å². The quantitative estimate of drug-likeness (QED) is 0.565. The van der Waals surface area contributed by atoms with E-state index in [0.29, 0.717) is 12.3 Å². The van der Waals surface area contributed by atoms with Gasteiger partial charge >= 0.3 is 0 Å². The van der Waals surface area contributed by atoms with Crippen molar-refractivity contribution in [3.8, 4) is 0 Å². The second-order valence-corrected chi connectivity index (χ2v) is 7.17. The maximum absolute atomic E-state index is 12.0. The minimum Gasteiger partial charge on any atom is -0.273 e. The summed E-state index contributed by atoms with van der Waals surface area (Å²) >= 11 is 0. The molecule has 1 N–H and O–H groups in total. The van der Waals surface area contributed by atoms with Gasteiger partial charge in [0.05, 0.1) is 5.71 Å². The lowest BCUT2D eigenvalue weighted by atomic mass is 9.84. The third-order valence-electron chi connectivity index (χ3n) is 5.24. The van der Waals surface area contributed by atoms with Crippen molar-refractivity contribution in [3.05, 3.63) is 71.3 Å². The molecule has 0 saturated heterocycles. The normalized spacial score (nSPS) is 15.7. The molecule has 1 aliphatic carbocycles. The van der Waals surface area contributed by atoms with Gasteiger partial charge in [0.2, 0.25) is 5.91 Å². The van der Waals surface area contributed by atoms with E-state index in [4.69, 9.17) is 0 Å². The Bertz CT molecular complexity index is 729. The van der Waals surface area contributed by atoms with E-state index in [1.165, 1.54) is 43.2 Å². The van der Waals surface area contributed by atoms with Crippen LogP contribution < -0.4 is 5.43 Å². The summed E-state index contributed by atoms with van der Waals surface area (Å²) < 4.78 is 0. The van der Waals surface area contributed by atoms with Crippen LogP contribution in [0, 0.1) is 0 Å². The zero-order chi connectivity index (χ0) is 18.2. The number of nitrogens with zero attached hydrogens (tertiary/aromatic N) is 1. The van der Waals surface area contributed by atoms with Crippen LogP contribution in [0.3, 0.4) is 0 Å². The van der Waals surface area contributed by atoms with E-state index in [0.717, 1.165) is 17.7 Å². The topological polar surface area (TPSA) is 41.5 Å². The number of hydrazone groups is 1. The van der Waals surface area contributed by atoms with Crippen LogP contribution in [0.4, 0.5) is 0 Å². The third kappa shape index (κ3) is 5.29. The molecule has 0 aliphatic heterocycles. The van der Waals surface area contributed by atoms with E-state index < -0.39 is 0 Å². The number of benzene rings is 2. The highest BCUT2D eigenvalue weighted by Crippen LogP contribution is 2.32. The van der Waals surface area contributed by atoms with Gasteiger partial charge in [-0.25, -0.2) is 5.43 Å². The summed E-state index contributed by atoms with van der Waals surface area (Å²) in [4.78, 5) is 12.0. The van der Waals surface area contributed by atoms with Crippen molar-refractivity contribution in [1.29, 1.82) is 0 Å². The minimum absolute atomic E-state index is 0.0490. The Labute approximate surface area is 156 Å². The van der Waals surface area contributed by atoms with Gasteiger partial charge in [0.25, 0.3) is 0 Å². The fourth-order valence-electron chi connectivity index (χ4n) is 3.60. The molecule has 0 bridgehead atoms. The van der Waals surface area contributed by atoms with Gasteiger partial charge in [-0.05, 0) is 48.8 Å². The molecule has 0 atom stereocenters. The molecule has 1 aliphatic rings. The van der Waals surface area contributed by atoms with Gasteiger partial charge in [-0.15, -0.1) is 0 Å². The number of amides is 1. The molecule has 2 aromatic rings. The van der Waals surface area contributed by atoms with Crippen LogP contribution in [0.25, 0.3) is 0 Å². The molecule has 0 aromatic heterocycles. The van der Waals surface area contributed by atoms with E-state index in [1.54, 1.807) is 0 Å². The summed E-state index contributed by atoms with van der Waals surface area (Å²) in [7, 11) is 0. The molecule has 136 valence electrons. The minimum atomic E-state index is -0.0490. The molecule has 1 fully saturated rings. The molecular formula is C23H28N2O. The highest BCUT2D eigenvalue weighted by molar-refractivity contribution is 5.99. The van der Waals surface area contributed by atoms with Crippen LogP contribution in [0.1, 0.15) is 68.1 Å². The van der Waals surface area contributed by atoms with Crippen LogP contribution in [-0.4, -0.2) is 11.6 Å². The average molecular weight is 348 g/mol. The predicted molar refractivity (Wildman–Crippen MR) is 107 cm³/mol. The van der Waals surface area contributed by atoms with Crippen LogP contribution in [0.2, 0.25) is 0 Å². The smallest absolute Gasteiger partial charge is 0.240 e. The van der Waals surface area contributed by atoms with E-state index in [-0.39, 0.29) is 5.91 Å². The van der Waals surface area contributed by atoms with Crippen LogP contribution >= 0.6 is 0 Å². The van der Waals surface area contributed by atoms with E-state index in [1.807, 2.05) is 37.3 Å². The predicted octanol–water partition coefficient (Wildman–Crippen LogP) is 5.21. The van der Waals surface area contributed by atoms with Gasteiger partial charge < -0.3 is 0 Å². The third-order valence-corrected chi connectivity index (χ3v) is 5.24. The standard InChI is InChI=1S/C23H28N2O/c1-18(24-25-23(26)17-12-19-8-4-2-5-9-19)20-13-15-22(16-14-20)21-10-6-3-7-11-21/h2,4-5,8-9,13-16,21H,3,6-7,10-12,17H2,1H3,(H,25,26)/b24-18-. The fourth-order valence-corrected chi connectivity index (χ4v) is 3.60. The van der Waals surface area contributed by atoms with Gasteiger partial charge in [0, 0.05) is 6.42 Å². The van der Waals surface area contributed by atoms with Crippen molar-refractivity contribution >= 4 is 11.6 Å². The molecule has 0 spiro atoms. The number of aryl methyl sites for hydroxylation is 1. The molecule has 2 aromatic carbocycles. The Morgan fingerprint density at radius 1 is 1.00 bits per heavy atom. The lowest BCUT2D eigenvalue weighted by Gasteiger charge is -2.22. The van der Waals surface area contributed by atoms with Crippen LogP contribution in [-0.2, 0) is 11.2 Å². The Hall–Kier alpha value is -2.42. The molecule has 0 radical (unpaired) electrons. The number of rotatable bonds is 6. The largest absolute Gasteiger partial charge is 0.273 e. The molecule has 3 rings (SSSR count). The Morgan fingerprint density at radius 2 is 1.69 bits per heavy atom. The van der Waals surface area contributed by atoms with E-state index in [2.05, 4.69) is 34.8 Å². The summed E-state index contributed by atoms with van der Waals surface area (Å²) in [5.41, 5.74) is 7.19. The van der Waals surface area contributed by atoms with Crippen LogP contribution in [0.15, 0.2) is 59.7 Å². The Balaban J connectivity index is 1.51. The second-order valence-electron chi connectivity index (χ2n) is 7.17. The summed E-state index contributed by atoms with van der Waals surface area (Å²) in [6, 6.07) is 18.7. The molecule has 0 heterocycles. The Kier molecular flexibility index (Phi) is 6.59. The maximum Gasteiger partial charge on any atom is 0.240 e.